The van der Waals surface area contributed by atoms with E-state index in [0.717, 1.165) is 11.1 Å². The van der Waals surface area contributed by atoms with Gasteiger partial charge in [0.1, 0.15) is 0 Å². The van der Waals surface area contributed by atoms with Crippen molar-refractivity contribution in [1.29, 1.82) is 0 Å². The molecule has 0 saturated heterocycles. The van der Waals surface area contributed by atoms with Gasteiger partial charge in [0, 0.05) is 18.0 Å². The molecule has 92 valence electrons. The number of halogens is 1. The minimum Gasteiger partial charge on any atom is -0.307 e. The lowest BCUT2D eigenvalue weighted by atomic mass is 10.1. The van der Waals surface area contributed by atoms with Gasteiger partial charge in [-0.2, -0.15) is 0 Å². The summed E-state index contributed by atoms with van der Waals surface area (Å²) in [6, 6.07) is 5.05. The standard InChI is InChI=1S/C12H15ClN2O2/c1-8-4-3-5-10(9(8)2)14-12(17)15-11(16)6-7-13/h3-5H,6-7H2,1-2H3,(H2,14,15,16,17). The molecule has 0 saturated carbocycles. The van der Waals surface area contributed by atoms with Crippen LogP contribution in [-0.4, -0.2) is 17.8 Å². The maximum Gasteiger partial charge on any atom is 0.325 e. The Labute approximate surface area is 105 Å². The Hall–Kier alpha value is -1.55. The predicted octanol–water partition coefficient (Wildman–Crippen LogP) is 2.58. The lowest BCUT2D eigenvalue weighted by Crippen LogP contribution is -2.34. The number of aryl methyl sites for hydroxylation is 1. The van der Waals surface area contributed by atoms with E-state index in [4.69, 9.17) is 11.6 Å². The number of urea groups is 1. The lowest BCUT2D eigenvalue weighted by Gasteiger charge is -2.10. The molecule has 0 aliphatic rings. The van der Waals surface area contributed by atoms with Gasteiger partial charge in [-0.25, -0.2) is 4.79 Å². The number of benzene rings is 1. The molecule has 0 heterocycles. The van der Waals surface area contributed by atoms with Crippen molar-refractivity contribution in [2.75, 3.05) is 11.2 Å². The van der Waals surface area contributed by atoms with Crippen molar-refractivity contribution in [2.45, 2.75) is 20.3 Å². The summed E-state index contributed by atoms with van der Waals surface area (Å²) in [6.07, 6.45) is 0.127. The molecule has 4 nitrogen and oxygen atoms in total. The fraction of sp³-hybridized carbons (Fsp3) is 0.333. The summed E-state index contributed by atoms with van der Waals surface area (Å²) < 4.78 is 0. The smallest absolute Gasteiger partial charge is 0.307 e. The molecule has 17 heavy (non-hydrogen) atoms. The van der Waals surface area contributed by atoms with Crippen LogP contribution in [0.2, 0.25) is 0 Å². The number of rotatable bonds is 3. The number of carbonyl (C=O) groups excluding carboxylic acids is 2. The molecule has 0 aliphatic heterocycles. The first-order valence-corrected chi connectivity index (χ1v) is 5.81. The van der Waals surface area contributed by atoms with Gasteiger partial charge in [0.05, 0.1) is 0 Å². The van der Waals surface area contributed by atoms with E-state index in [-0.39, 0.29) is 18.2 Å². The van der Waals surface area contributed by atoms with Crippen LogP contribution in [0.25, 0.3) is 0 Å². The highest BCUT2D eigenvalue weighted by atomic mass is 35.5. The number of carbonyl (C=O) groups is 2. The molecule has 0 aliphatic carbocycles. The molecule has 0 aromatic heterocycles. The van der Waals surface area contributed by atoms with Crippen molar-refractivity contribution < 1.29 is 9.59 Å². The molecule has 5 heteroatoms. The van der Waals surface area contributed by atoms with Gasteiger partial charge >= 0.3 is 6.03 Å². The minimum absolute atomic E-state index is 0.127. The van der Waals surface area contributed by atoms with E-state index in [1.807, 2.05) is 26.0 Å². The number of anilines is 1. The Morgan fingerprint density at radius 1 is 1.29 bits per heavy atom. The Kier molecular flexibility index (Phi) is 4.97. The third kappa shape index (κ3) is 4.07. The second-order valence-electron chi connectivity index (χ2n) is 3.69. The summed E-state index contributed by atoms with van der Waals surface area (Å²) in [6.45, 7) is 3.86. The maximum absolute atomic E-state index is 11.5. The third-order valence-electron chi connectivity index (χ3n) is 2.43. The Morgan fingerprint density at radius 3 is 2.65 bits per heavy atom. The van der Waals surface area contributed by atoms with E-state index in [2.05, 4.69) is 10.6 Å². The second kappa shape index (κ2) is 6.25. The van der Waals surface area contributed by atoms with E-state index in [0.29, 0.717) is 5.69 Å². The molecule has 0 radical (unpaired) electrons. The van der Waals surface area contributed by atoms with Crippen LogP contribution in [-0.2, 0) is 4.79 Å². The van der Waals surface area contributed by atoms with Gasteiger partial charge in [0.25, 0.3) is 0 Å². The zero-order chi connectivity index (χ0) is 12.8. The molecule has 0 atom stereocenters. The number of alkyl halides is 1. The van der Waals surface area contributed by atoms with E-state index in [9.17, 15) is 9.59 Å². The summed E-state index contributed by atoms with van der Waals surface area (Å²) in [7, 11) is 0. The van der Waals surface area contributed by atoms with Crippen LogP contribution in [0.1, 0.15) is 17.5 Å². The maximum atomic E-state index is 11.5. The summed E-state index contributed by atoms with van der Waals surface area (Å²) in [4.78, 5) is 22.6. The highest BCUT2D eigenvalue weighted by molar-refractivity contribution is 6.19. The quantitative estimate of drug-likeness (QED) is 0.815. The topological polar surface area (TPSA) is 58.2 Å². The van der Waals surface area contributed by atoms with Crippen LogP contribution in [0.5, 0.6) is 0 Å². The number of amides is 3. The zero-order valence-corrected chi connectivity index (χ0v) is 10.6. The van der Waals surface area contributed by atoms with E-state index in [1.54, 1.807) is 6.07 Å². The number of hydrogen-bond donors (Lipinski definition) is 2. The van der Waals surface area contributed by atoms with Gasteiger partial charge in [0.2, 0.25) is 5.91 Å². The van der Waals surface area contributed by atoms with Crippen LogP contribution in [0.3, 0.4) is 0 Å². The molecule has 0 spiro atoms. The minimum atomic E-state index is -0.534. The van der Waals surface area contributed by atoms with Crippen molar-refractivity contribution in [2.24, 2.45) is 0 Å². The molecule has 0 bridgehead atoms. The van der Waals surface area contributed by atoms with Crippen LogP contribution in [0, 0.1) is 13.8 Å². The van der Waals surface area contributed by atoms with Gasteiger partial charge in [-0.3, -0.25) is 10.1 Å². The molecule has 1 aromatic carbocycles. The highest BCUT2D eigenvalue weighted by Crippen LogP contribution is 2.17. The molecule has 0 fully saturated rings. The van der Waals surface area contributed by atoms with Crippen molar-refractivity contribution in [3.8, 4) is 0 Å². The summed E-state index contributed by atoms with van der Waals surface area (Å²) in [5, 5.41) is 4.83. The van der Waals surface area contributed by atoms with Crippen molar-refractivity contribution in [3.63, 3.8) is 0 Å². The van der Waals surface area contributed by atoms with Crippen LogP contribution >= 0.6 is 11.6 Å². The summed E-state index contributed by atoms with van der Waals surface area (Å²) in [5.41, 5.74) is 2.75. The Balaban J connectivity index is 2.62. The fourth-order valence-electron chi connectivity index (χ4n) is 1.32. The van der Waals surface area contributed by atoms with Crippen molar-refractivity contribution >= 4 is 29.2 Å². The van der Waals surface area contributed by atoms with Crippen LogP contribution < -0.4 is 10.6 Å². The van der Waals surface area contributed by atoms with Gasteiger partial charge < -0.3 is 5.32 Å². The largest absolute Gasteiger partial charge is 0.325 e. The van der Waals surface area contributed by atoms with Crippen LogP contribution in [0.15, 0.2) is 18.2 Å². The average molecular weight is 255 g/mol. The van der Waals surface area contributed by atoms with Gasteiger partial charge in [-0.15, -0.1) is 11.6 Å². The van der Waals surface area contributed by atoms with E-state index < -0.39 is 6.03 Å². The van der Waals surface area contributed by atoms with E-state index in [1.165, 1.54) is 0 Å². The average Bonchev–Trinajstić information content (AvgIpc) is 2.25. The first kappa shape index (κ1) is 13.5. The van der Waals surface area contributed by atoms with E-state index >= 15 is 0 Å². The molecule has 0 unspecified atom stereocenters. The lowest BCUT2D eigenvalue weighted by molar-refractivity contribution is -0.119. The molecule has 3 amide bonds. The molecule has 2 N–H and O–H groups in total. The molecular weight excluding hydrogens is 240 g/mol. The SMILES string of the molecule is Cc1cccc(NC(=O)NC(=O)CCCl)c1C. The van der Waals surface area contributed by atoms with Crippen molar-refractivity contribution in [1.82, 2.24) is 5.32 Å². The normalized spacial score (nSPS) is 9.82. The monoisotopic (exact) mass is 254 g/mol. The Morgan fingerprint density at radius 2 is 2.00 bits per heavy atom. The molecule has 1 rings (SSSR count). The second-order valence-corrected chi connectivity index (χ2v) is 4.07. The Bertz CT molecular complexity index is 433. The number of hydrogen-bond acceptors (Lipinski definition) is 2. The zero-order valence-electron chi connectivity index (χ0n) is 9.84. The van der Waals surface area contributed by atoms with Crippen molar-refractivity contribution in [3.05, 3.63) is 29.3 Å². The first-order chi connectivity index (χ1) is 8.04. The molecule has 1 aromatic rings. The first-order valence-electron chi connectivity index (χ1n) is 5.27. The predicted molar refractivity (Wildman–Crippen MR) is 68.4 cm³/mol. The van der Waals surface area contributed by atoms with Gasteiger partial charge in [0.15, 0.2) is 0 Å². The number of imide groups is 1. The highest BCUT2D eigenvalue weighted by Gasteiger charge is 2.08. The van der Waals surface area contributed by atoms with Crippen LogP contribution in [0.4, 0.5) is 10.5 Å². The summed E-state index contributed by atoms with van der Waals surface area (Å²) in [5.74, 6) is -0.189. The fourth-order valence-corrected chi connectivity index (χ4v) is 1.49. The summed E-state index contributed by atoms with van der Waals surface area (Å²) >= 11 is 5.39. The third-order valence-corrected chi connectivity index (χ3v) is 2.62. The number of nitrogens with one attached hydrogen (secondary N) is 2. The molecular formula is C12H15ClN2O2. The van der Waals surface area contributed by atoms with Gasteiger partial charge in [-0.05, 0) is 31.0 Å². The van der Waals surface area contributed by atoms with Gasteiger partial charge in [-0.1, -0.05) is 12.1 Å².